The molecule has 1 unspecified atom stereocenters. The first-order chi connectivity index (χ1) is 10.7. The van der Waals surface area contributed by atoms with Crippen LogP contribution in [0.25, 0.3) is 11.1 Å². The second kappa shape index (κ2) is 5.54. The molecule has 0 radical (unpaired) electrons. The van der Waals surface area contributed by atoms with Crippen molar-refractivity contribution in [2.45, 2.75) is 19.1 Å². The molecule has 22 heavy (non-hydrogen) atoms. The zero-order chi connectivity index (χ0) is 15.1. The molecular weight excluding hydrogens is 318 g/mol. The van der Waals surface area contributed by atoms with Crippen LogP contribution >= 0.6 is 23.8 Å². The van der Waals surface area contributed by atoms with Crippen molar-refractivity contribution in [3.05, 3.63) is 63.5 Å². The Labute approximate surface area is 138 Å². The molecule has 2 aromatic carbocycles. The second-order valence-corrected chi connectivity index (χ2v) is 6.18. The predicted molar refractivity (Wildman–Crippen MR) is 88.9 cm³/mol. The topological polar surface area (TPSA) is 27.3 Å². The van der Waals surface area contributed by atoms with Crippen LogP contribution in [0.1, 0.15) is 17.2 Å². The maximum absolute atomic E-state index is 6.10. The third-order valence-electron chi connectivity index (χ3n) is 4.07. The van der Waals surface area contributed by atoms with Crippen LogP contribution in [0.4, 0.5) is 0 Å². The molecule has 0 bridgehead atoms. The van der Waals surface area contributed by atoms with Gasteiger partial charge in [0.05, 0.1) is 18.7 Å². The van der Waals surface area contributed by atoms with Gasteiger partial charge in [-0.05, 0) is 48.0 Å². The molecule has 0 amide bonds. The third kappa shape index (κ3) is 2.37. The van der Waals surface area contributed by atoms with Crippen molar-refractivity contribution in [1.29, 1.82) is 0 Å². The van der Waals surface area contributed by atoms with Gasteiger partial charge in [0.25, 0.3) is 4.84 Å². The van der Waals surface area contributed by atoms with Gasteiger partial charge in [0.2, 0.25) is 0 Å². The maximum atomic E-state index is 6.10. The van der Waals surface area contributed by atoms with Gasteiger partial charge < -0.3 is 9.15 Å². The summed E-state index contributed by atoms with van der Waals surface area (Å²) in [4.78, 5) is 0.448. The highest BCUT2D eigenvalue weighted by molar-refractivity contribution is 7.71. The lowest BCUT2D eigenvalue weighted by Crippen LogP contribution is -2.20. The van der Waals surface area contributed by atoms with Crippen LogP contribution in [-0.2, 0) is 17.7 Å². The van der Waals surface area contributed by atoms with Crippen LogP contribution in [0.2, 0.25) is 5.02 Å². The van der Waals surface area contributed by atoms with Crippen molar-refractivity contribution in [1.82, 2.24) is 4.57 Å². The highest BCUT2D eigenvalue weighted by Crippen LogP contribution is 2.30. The van der Waals surface area contributed by atoms with Crippen LogP contribution in [0.5, 0.6) is 0 Å². The highest BCUT2D eigenvalue weighted by atomic mass is 35.5. The normalized spacial score (nSPS) is 17.6. The molecule has 0 saturated carbocycles. The molecule has 0 saturated heterocycles. The van der Waals surface area contributed by atoms with Crippen molar-refractivity contribution >= 4 is 34.9 Å². The summed E-state index contributed by atoms with van der Waals surface area (Å²) in [7, 11) is 0. The van der Waals surface area contributed by atoms with E-state index in [1.54, 1.807) is 6.07 Å². The Morgan fingerprint density at radius 2 is 2.09 bits per heavy atom. The molecule has 3 nitrogen and oxygen atoms in total. The minimum absolute atomic E-state index is 0.0172. The van der Waals surface area contributed by atoms with E-state index in [4.69, 9.17) is 33.0 Å². The van der Waals surface area contributed by atoms with Crippen molar-refractivity contribution in [2.75, 3.05) is 6.61 Å². The van der Waals surface area contributed by atoms with Crippen molar-refractivity contribution in [3.8, 4) is 0 Å². The Morgan fingerprint density at radius 1 is 1.23 bits per heavy atom. The van der Waals surface area contributed by atoms with Crippen LogP contribution in [0, 0.1) is 4.84 Å². The largest absolute Gasteiger partial charge is 0.429 e. The molecule has 4 rings (SSSR count). The highest BCUT2D eigenvalue weighted by Gasteiger charge is 2.22. The SMILES string of the molecule is S=c1oc2ccc(Cl)cc2n1CC1OCCc2ccccc21. The number of oxazole rings is 1. The average Bonchev–Trinajstić information content (AvgIpc) is 2.83. The summed E-state index contributed by atoms with van der Waals surface area (Å²) in [6.07, 6.45) is 0.937. The van der Waals surface area contributed by atoms with Crippen molar-refractivity contribution in [3.63, 3.8) is 0 Å². The Hall–Kier alpha value is -1.62. The Bertz CT molecular complexity index is 899. The van der Waals surface area contributed by atoms with E-state index in [-0.39, 0.29) is 6.10 Å². The van der Waals surface area contributed by atoms with E-state index in [1.165, 1.54) is 11.1 Å². The van der Waals surface area contributed by atoms with E-state index in [2.05, 4.69) is 18.2 Å². The van der Waals surface area contributed by atoms with Gasteiger partial charge in [0.1, 0.15) is 6.10 Å². The molecule has 2 heterocycles. The van der Waals surface area contributed by atoms with Gasteiger partial charge >= 0.3 is 0 Å². The first kappa shape index (κ1) is 14.0. The second-order valence-electron chi connectivity index (χ2n) is 5.40. The maximum Gasteiger partial charge on any atom is 0.269 e. The van der Waals surface area contributed by atoms with Gasteiger partial charge in [0, 0.05) is 5.02 Å². The van der Waals surface area contributed by atoms with Gasteiger partial charge in [0.15, 0.2) is 5.58 Å². The standard InChI is InChI=1S/C17H14ClNO2S/c18-12-5-6-15-14(9-12)19(17(22)21-15)10-16-13-4-2-1-3-11(13)7-8-20-16/h1-6,9,16H,7-8,10H2. The predicted octanol–water partition coefficient (Wildman–Crippen LogP) is 4.93. The Morgan fingerprint density at radius 3 is 3.00 bits per heavy atom. The van der Waals surface area contributed by atoms with Crippen molar-refractivity contribution < 1.29 is 9.15 Å². The van der Waals surface area contributed by atoms with Crippen LogP contribution < -0.4 is 0 Å². The Balaban J connectivity index is 1.77. The monoisotopic (exact) mass is 331 g/mol. The van der Waals surface area contributed by atoms with Gasteiger partial charge in [-0.3, -0.25) is 4.57 Å². The third-order valence-corrected chi connectivity index (χ3v) is 4.61. The minimum Gasteiger partial charge on any atom is -0.429 e. The Kier molecular flexibility index (Phi) is 3.53. The fourth-order valence-electron chi connectivity index (χ4n) is 3.00. The van der Waals surface area contributed by atoms with Gasteiger partial charge in [-0.1, -0.05) is 35.9 Å². The summed E-state index contributed by atoms with van der Waals surface area (Å²) in [5, 5.41) is 0.669. The number of benzene rings is 2. The van der Waals surface area contributed by atoms with E-state index >= 15 is 0 Å². The zero-order valence-electron chi connectivity index (χ0n) is 11.8. The van der Waals surface area contributed by atoms with Crippen LogP contribution in [0.15, 0.2) is 46.9 Å². The number of hydrogen-bond acceptors (Lipinski definition) is 3. The van der Waals surface area contributed by atoms with E-state index in [0.717, 1.165) is 24.1 Å². The average molecular weight is 332 g/mol. The lowest BCUT2D eigenvalue weighted by molar-refractivity contribution is 0.0305. The number of fused-ring (bicyclic) bond motifs is 2. The molecule has 1 atom stereocenters. The fourth-order valence-corrected chi connectivity index (χ4v) is 3.43. The van der Waals surface area contributed by atoms with Crippen LogP contribution in [0.3, 0.4) is 0 Å². The molecule has 0 spiro atoms. The molecule has 0 N–H and O–H groups in total. The van der Waals surface area contributed by atoms with Gasteiger partial charge in [-0.2, -0.15) is 0 Å². The van der Waals surface area contributed by atoms with E-state index in [0.29, 0.717) is 16.4 Å². The fraction of sp³-hybridized carbons (Fsp3) is 0.235. The lowest BCUT2D eigenvalue weighted by Gasteiger charge is -2.26. The van der Waals surface area contributed by atoms with Gasteiger partial charge in [-0.15, -0.1) is 0 Å². The molecule has 1 aliphatic heterocycles. The van der Waals surface area contributed by atoms with Crippen molar-refractivity contribution in [2.24, 2.45) is 0 Å². The number of aromatic nitrogens is 1. The molecule has 0 aliphatic carbocycles. The lowest BCUT2D eigenvalue weighted by atomic mass is 9.97. The first-order valence-electron chi connectivity index (χ1n) is 7.21. The molecule has 1 aromatic heterocycles. The molecule has 5 heteroatoms. The summed E-state index contributed by atoms with van der Waals surface area (Å²) in [6, 6.07) is 13.9. The zero-order valence-corrected chi connectivity index (χ0v) is 13.4. The minimum atomic E-state index is -0.0172. The molecule has 1 aliphatic rings. The number of halogens is 1. The summed E-state index contributed by atoms with van der Waals surface area (Å²) >= 11 is 11.5. The van der Waals surface area contributed by atoms with E-state index < -0.39 is 0 Å². The summed E-state index contributed by atoms with van der Waals surface area (Å²) in [6.45, 7) is 1.36. The number of hydrogen-bond donors (Lipinski definition) is 0. The van der Waals surface area contributed by atoms with Gasteiger partial charge in [-0.25, -0.2) is 0 Å². The first-order valence-corrected chi connectivity index (χ1v) is 7.99. The van der Waals surface area contributed by atoms with Crippen LogP contribution in [-0.4, -0.2) is 11.2 Å². The molecule has 3 aromatic rings. The number of rotatable bonds is 2. The molecule has 112 valence electrons. The molecular formula is C17H14ClNO2S. The number of ether oxygens (including phenoxy) is 1. The summed E-state index contributed by atoms with van der Waals surface area (Å²) in [5.74, 6) is 0. The van der Waals surface area contributed by atoms with E-state index in [9.17, 15) is 0 Å². The quantitative estimate of drug-likeness (QED) is 0.623. The summed E-state index contributed by atoms with van der Waals surface area (Å²) in [5.41, 5.74) is 4.23. The summed E-state index contributed by atoms with van der Waals surface area (Å²) < 4.78 is 13.6. The molecule has 0 fully saturated rings. The van der Waals surface area contributed by atoms with E-state index in [1.807, 2.05) is 22.8 Å². The smallest absolute Gasteiger partial charge is 0.269 e. The number of nitrogens with zero attached hydrogens (tertiary/aromatic N) is 1.